The number of carbonyl (C=O) groups excluding carboxylic acids is 1. The molecule has 1 fully saturated rings. The van der Waals surface area contributed by atoms with E-state index in [-0.39, 0.29) is 11.9 Å². The van der Waals surface area contributed by atoms with Gasteiger partial charge in [-0.05, 0) is 29.5 Å². The zero-order valence-electron chi connectivity index (χ0n) is 17.3. The number of quaternary nitrogens is 1. The first-order valence-electron chi connectivity index (χ1n) is 10.2. The molecule has 9 heteroatoms. The summed E-state index contributed by atoms with van der Waals surface area (Å²) in [4.78, 5) is 15.8. The molecule has 0 radical (unpaired) electrons. The van der Waals surface area contributed by atoms with E-state index in [9.17, 15) is 4.79 Å². The van der Waals surface area contributed by atoms with Crippen LogP contribution in [0, 0.1) is 6.92 Å². The van der Waals surface area contributed by atoms with E-state index in [1.165, 1.54) is 16.7 Å². The molecule has 1 aliphatic heterocycles. The molecule has 0 spiro atoms. The van der Waals surface area contributed by atoms with Crippen molar-refractivity contribution in [3.63, 3.8) is 0 Å². The van der Waals surface area contributed by atoms with Gasteiger partial charge in [-0.3, -0.25) is 4.79 Å². The Labute approximate surface area is 175 Å². The number of furan rings is 1. The average molecular weight is 411 g/mol. The molecule has 4 rings (SSSR count). The zero-order chi connectivity index (χ0) is 20.9. The normalized spacial score (nSPS) is 16.0. The second-order valence-electron chi connectivity index (χ2n) is 7.52. The van der Waals surface area contributed by atoms with Gasteiger partial charge in [0.2, 0.25) is 5.82 Å². The lowest BCUT2D eigenvalue weighted by Gasteiger charge is -2.36. The van der Waals surface area contributed by atoms with Crippen molar-refractivity contribution in [2.75, 3.05) is 39.9 Å². The van der Waals surface area contributed by atoms with Crippen LogP contribution in [-0.4, -0.2) is 70.9 Å². The monoisotopic (exact) mass is 411 g/mol. The van der Waals surface area contributed by atoms with Gasteiger partial charge in [0, 0.05) is 12.7 Å². The number of tetrazole rings is 1. The number of aromatic nitrogens is 4. The van der Waals surface area contributed by atoms with Crippen molar-refractivity contribution < 1.29 is 18.8 Å². The third-order valence-corrected chi connectivity index (χ3v) is 5.57. The quantitative estimate of drug-likeness (QED) is 0.603. The predicted octanol–water partition coefficient (Wildman–Crippen LogP) is 0.351. The van der Waals surface area contributed by atoms with E-state index >= 15 is 0 Å². The summed E-state index contributed by atoms with van der Waals surface area (Å²) < 4.78 is 12.3. The second-order valence-corrected chi connectivity index (χ2v) is 7.52. The number of piperazine rings is 1. The van der Waals surface area contributed by atoms with E-state index in [0.29, 0.717) is 32.0 Å². The summed E-state index contributed by atoms with van der Waals surface area (Å²) in [6, 6.07) is 11.9. The average Bonchev–Trinajstić information content (AvgIpc) is 3.46. The molecule has 1 N–H and O–H groups in total. The number of hydrogen-bond acceptors (Lipinski definition) is 6. The Morgan fingerprint density at radius 3 is 2.67 bits per heavy atom. The van der Waals surface area contributed by atoms with E-state index < -0.39 is 0 Å². The van der Waals surface area contributed by atoms with Gasteiger partial charge in [-0.15, -0.1) is 5.10 Å². The Balaban J connectivity index is 1.56. The van der Waals surface area contributed by atoms with Gasteiger partial charge in [0.15, 0.2) is 11.8 Å². The minimum atomic E-state index is -0.0594. The van der Waals surface area contributed by atoms with Crippen molar-refractivity contribution in [3.8, 4) is 0 Å². The molecular formula is C21H27N6O3+. The Kier molecular flexibility index (Phi) is 6.20. The number of rotatable bonds is 7. The number of nitrogens with zero attached hydrogens (tertiary/aromatic N) is 5. The lowest BCUT2D eigenvalue weighted by molar-refractivity contribution is -0.930. The summed E-state index contributed by atoms with van der Waals surface area (Å²) in [5.74, 6) is 1.14. The molecule has 2 aromatic heterocycles. The van der Waals surface area contributed by atoms with Gasteiger partial charge in [0.25, 0.3) is 5.91 Å². The summed E-state index contributed by atoms with van der Waals surface area (Å²) in [6.45, 7) is 6.10. The van der Waals surface area contributed by atoms with Gasteiger partial charge in [-0.2, -0.15) is 0 Å². The molecule has 0 bridgehead atoms. The molecule has 1 saturated heterocycles. The summed E-state index contributed by atoms with van der Waals surface area (Å²) in [5.41, 5.74) is 2.37. The summed E-state index contributed by atoms with van der Waals surface area (Å²) in [5, 5.41) is 12.5. The Hall–Kier alpha value is -3.04. The van der Waals surface area contributed by atoms with Gasteiger partial charge in [-0.25, -0.2) is 4.68 Å². The van der Waals surface area contributed by atoms with Gasteiger partial charge in [0.1, 0.15) is 0 Å². The molecule has 1 atom stereocenters. The highest BCUT2D eigenvalue weighted by Gasteiger charge is 2.35. The van der Waals surface area contributed by atoms with Gasteiger partial charge in [-0.1, -0.05) is 29.8 Å². The number of methoxy groups -OCH3 is 1. The van der Waals surface area contributed by atoms with E-state index in [1.54, 1.807) is 19.2 Å². The van der Waals surface area contributed by atoms with Crippen molar-refractivity contribution in [2.24, 2.45) is 0 Å². The second kappa shape index (κ2) is 9.19. The van der Waals surface area contributed by atoms with E-state index in [2.05, 4.69) is 46.7 Å². The molecule has 0 saturated carbocycles. The van der Waals surface area contributed by atoms with Crippen LogP contribution < -0.4 is 4.90 Å². The maximum atomic E-state index is 12.6. The molecule has 1 aromatic carbocycles. The topological polar surface area (TPSA) is 90.7 Å². The van der Waals surface area contributed by atoms with Crippen LogP contribution >= 0.6 is 0 Å². The van der Waals surface area contributed by atoms with Gasteiger partial charge >= 0.3 is 0 Å². The van der Waals surface area contributed by atoms with Crippen molar-refractivity contribution in [2.45, 2.75) is 19.5 Å². The lowest BCUT2D eigenvalue weighted by atomic mass is 10.0. The van der Waals surface area contributed by atoms with Crippen LogP contribution in [0.15, 0.2) is 47.1 Å². The molecule has 3 heterocycles. The van der Waals surface area contributed by atoms with E-state index in [1.807, 2.05) is 9.58 Å². The highest BCUT2D eigenvalue weighted by atomic mass is 16.5. The van der Waals surface area contributed by atoms with Crippen LogP contribution in [0.4, 0.5) is 0 Å². The minimum absolute atomic E-state index is 0.0154. The number of hydrogen-bond donors (Lipinski definition) is 1. The minimum Gasteiger partial charge on any atom is -0.459 e. The van der Waals surface area contributed by atoms with Gasteiger partial charge < -0.3 is 19.0 Å². The maximum absolute atomic E-state index is 12.6. The fourth-order valence-corrected chi connectivity index (χ4v) is 3.92. The largest absolute Gasteiger partial charge is 0.459 e. The maximum Gasteiger partial charge on any atom is 0.289 e. The summed E-state index contributed by atoms with van der Waals surface area (Å²) in [7, 11) is 1.67. The van der Waals surface area contributed by atoms with Crippen molar-refractivity contribution in [3.05, 3.63) is 65.4 Å². The fourth-order valence-electron chi connectivity index (χ4n) is 3.92. The predicted molar refractivity (Wildman–Crippen MR) is 108 cm³/mol. The first kappa shape index (κ1) is 20.2. The number of aryl methyl sites for hydroxylation is 1. The third kappa shape index (κ3) is 4.27. The highest BCUT2D eigenvalue weighted by Crippen LogP contribution is 2.18. The molecule has 158 valence electrons. The molecule has 1 aliphatic rings. The molecule has 9 nitrogen and oxygen atoms in total. The van der Waals surface area contributed by atoms with Crippen molar-refractivity contribution in [1.82, 2.24) is 25.1 Å². The SMILES string of the molecule is COCCn1nnnc1[C@H](c1ccc(C)cc1)[NH+]1CCN(C(=O)c2ccco2)CC1. The number of nitrogens with one attached hydrogen (secondary N) is 1. The van der Waals surface area contributed by atoms with Crippen LogP contribution in [-0.2, 0) is 11.3 Å². The van der Waals surface area contributed by atoms with Crippen LogP contribution in [0.3, 0.4) is 0 Å². The van der Waals surface area contributed by atoms with E-state index in [0.717, 1.165) is 24.5 Å². The Morgan fingerprint density at radius 2 is 2.00 bits per heavy atom. The molecule has 3 aromatic rings. The fraction of sp³-hybridized carbons (Fsp3) is 0.429. The van der Waals surface area contributed by atoms with Crippen LogP contribution in [0.5, 0.6) is 0 Å². The third-order valence-electron chi connectivity index (χ3n) is 5.57. The van der Waals surface area contributed by atoms with Crippen LogP contribution in [0.2, 0.25) is 0 Å². The molecule has 30 heavy (non-hydrogen) atoms. The number of benzene rings is 1. The summed E-state index contributed by atoms with van der Waals surface area (Å²) >= 11 is 0. The molecular weight excluding hydrogens is 384 g/mol. The smallest absolute Gasteiger partial charge is 0.289 e. The molecule has 0 aliphatic carbocycles. The van der Waals surface area contributed by atoms with Crippen molar-refractivity contribution in [1.29, 1.82) is 0 Å². The number of ether oxygens (including phenoxy) is 1. The van der Waals surface area contributed by atoms with E-state index in [4.69, 9.17) is 9.15 Å². The summed E-state index contributed by atoms with van der Waals surface area (Å²) in [6.07, 6.45) is 1.53. The van der Waals surface area contributed by atoms with Gasteiger partial charge in [0.05, 0.1) is 45.6 Å². The lowest BCUT2D eigenvalue weighted by Crippen LogP contribution is -3.15. The first-order chi connectivity index (χ1) is 14.7. The number of amides is 1. The Morgan fingerprint density at radius 1 is 1.23 bits per heavy atom. The molecule has 1 amide bonds. The first-order valence-corrected chi connectivity index (χ1v) is 10.2. The van der Waals surface area contributed by atoms with Crippen LogP contribution in [0.25, 0.3) is 0 Å². The zero-order valence-corrected chi connectivity index (χ0v) is 17.3. The Bertz CT molecular complexity index is 946. The van der Waals surface area contributed by atoms with Crippen LogP contribution in [0.1, 0.15) is 33.5 Å². The number of carbonyl (C=O) groups is 1. The standard InChI is InChI=1S/C21H26N6O3/c1-16-5-7-17(8-6-16)19(20-22-23-24-27(20)13-15-29-2)25-9-11-26(12-10-25)21(28)18-4-3-14-30-18/h3-8,14,19H,9-13,15H2,1-2H3/p+1/t19-/m0/s1. The molecule has 0 unspecified atom stereocenters. The van der Waals surface area contributed by atoms with Crippen molar-refractivity contribution >= 4 is 5.91 Å². The highest BCUT2D eigenvalue weighted by molar-refractivity contribution is 5.91.